The van der Waals surface area contributed by atoms with Gasteiger partial charge in [0.1, 0.15) is 0 Å². The first kappa shape index (κ1) is 13.6. The Morgan fingerprint density at radius 3 is 2.58 bits per heavy atom. The molecular formula is C13H10F3NOS. The van der Waals surface area contributed by atoms with Crippen molar-refractivity contribution in [2.24, 2.45) is 0 Å². The fourth-order valence-corrected chi connectivity index (χ4v) is 2.36. The van der Waals surface area contributed by atoms with Crippen molar-refractivity contribution in [2.75, 3.05) is 7.05 Å². The molecule has 0 radical (unpaired) electrons. The lowest BCUT2D eigenvalue weighted by Crippen LogP contribution is -2.27. The molecule has 2 nitrogen and oxygen atoms in total. The molecule has 2 rings (SSSR count). The Kier molecular flexibility index (Phi) is 3.90. The highest BCUT2D eigenvalue weighted by Crippen LogP contribution is 2.18. The lowest BCUT2D eigenvalue weighted by Gasteiger charge is -2.16. The Bertz CT molecular complexity index is 598. The van der Waals surface area contributed by atoms with Crippen molar-refractivity contribution in [2.45, 2.75) is 6.54 Å². The molecule has 0 N–H and O–H groups in total. The van der Waals surface area contributed by atoms with Crippen LogP contribution in [-0.4, -0.2) is 17.9 Å². The number of benzene rings is 1. The Morgan fingerprint density at radius 2 is 1.95 bits per heavy atom. The van der Waals surface area contributed by atoms with Crippen molar-refractivity contribution in [3.8, 4) is 0 Å². The number of halogens is 3. The van der Waals surface area contributed by atoms with E-state index in [2.05, 4.69) is 0 Å². The molecule has 2 aromatic rings. The zero-order valence-corrected chi connectivity index (χ0v) is 10.8. The van der Waals surface area contributed by atoms with E-state index < -0.39 is 28.9 Å². The second-order valence-corrected chi connectivity index (χ2v) is 5.00. The minimum absolute atomic E-state index is 0.287. The maximum atomic E-state index is 13.5. The van der Waals surface area contributed by atoms with E-state index in [1.54, 1.807) is 0 Å². The average Bonchev–Trinajstić information content (AvgIpc) is 2.88. The van der Waals surface area contributed by atoms with Crippen molar-refractivity contribution in [1.82, 2.24) is 4.90 Å². The Morgan fingerprint density at radius 1 is 1.21 bits per heavy atom. The van der Waals surface area contributed by atoms with Crippen LogP contribution in [-0.2, 0) is 6.54 Å². The largest absolute Gasteiger partial charge is 0.336 e. The maximum absolute atomic E-state index is 13.5. The van der Waals surface area contributed by atoms with Crippen LogP contribution in [0.1, 0.15) is 15.2 Å². The van der Waals surface area contributed by atoms with Crippen molar-refractivity contribution < 1.29 is 18.0 Å². The van der Waals surface area contributed by atoms with E-state index in [4.69, 9.17) is 0 Å². The highest BCUT2D eigenvalue weighted by atomic mass is 32.1. The fraction of sp³-hybridized carbons (Fsp3) is 0.154. The van der Waals surface area contributed by atoms with E-state index in [0.29, 0.717) is 0 Å². The fourth-order valence-electron chi connectivity index (χ4n) is 1.60. The number of nitrogens with zero attached hydrogens (tertiary/aromatic N) is 1. The first-order chi connectivity index (χ1) is 9.00. The third-order valence-electron chi connectivity index (χ3n) is 2.59. The standard InChI is InChI=1S/C13H10F3NOS/c1-17(7-8-3-2-6-19-8)13(18)9-4-5-10(14)12(16)11(9)15/h2-6H,7H2,1H3. The van der Waals surface area contributed by atoms with Gasteiger partial charge in [-0.1, -0.05) is 6.07 Å². The number of hydrogen-bond donors (Lipinski definition) is 0. The molecule has 0 aliphatic rings. The van der Waals surface area contributed by atoms with Gasteiger partial charge in [-0.25, -0.2) is 13.2 Å². The van der Waals surface area contributed by atoms with E-state index in [1.807, 2.05) is 17.5 Å². The number of carbonyl (C=O) groups excluding carboxylic acids is 1. The summed E-state index contributed by atoms with van der Waals surface area (Å²) in [6.45, 7) is 0.287. The Hall–Kier alpha value is -1.82. The summed E-state index contributed by atoms with van der Waals surface area (Å²) in [4.78, 5) is 14.1. The lowest BCUT2D eigenvalue weighted by atomic mass is 10.1. The molecule has 1 aromatic heterocycles. The molecule has 100 valence electrons. The minimum atomic E-state index is -1.63. The van der Waals surface area contributed by atoms with Gasteiger partial charge in [0, 0.05) is 11.9 Å². The van der Waals surface area contributed by atoms with Crippen molar-refractivity contribution in [1.29, 1.82) is 0 Å². The monoisotopic (exact) mass is 285 g/mol. The molecule has 0 atom stereocenters. The molecule has 0 saturated carbocycles. The van der Waals surface area contributed by atoms with Crippen LogP contribution in [0.3, 0.4) is 0 Å². The van der Waals surface area contributed by atoms with Crippen LogP contribution >= 0.6 is 11.3 Å². The third kappa shape index (κ3) is 2.78. The summed E-state index contributed by atoms with van der Waals surface area (Å²) in [7, 11) is 1.47. The minimum Gasteiger partial charge on any atom is -0.336 e. The highest BCUT2D eigenvalue weighted by molar-refractivity contribution is 7.09. The van der Waals surface area contributed by atoms with E-state index in [1.165, 1.54) is 23.3 Å². The van der Waals surface area contributed by atoms with Crippen molar-refractivity contribution in [3.63, 3.8) is 0 Å². The van der Waals surface area contributed by atoms with Gasteiger partial charge >= 0.3 is 0 Å². The quantitative estimate of drug-likeness (QED) is 0.791. The molecular weight excluding hydrogens is 275 g/mol. The average molecular weight is 285 g/mol. The molecule has 1 amide bonds. The van der Waals surface area contributed by atoms with Gasteiger partial charge in [0.2, 0.25) is 0 Å². The Labute approximate surface area is 112 Å². The normalized spacial score (nSPS) is 10.5. The number of thiophene rings is 1. The summed E-state index contributed by atoms with van der Waals surface area (Å²) < 4.78 is 39.4. The first-order valence-corrected chi connectivity index (χ1v) is 6.30. The molecule has 1 aromatic carbocycles. The molecule has 6 heteroatoms. The van der Waals surface area contributed by atoms with E-state index >= 15 is 0 Å². The zero-order chi connectivity index (χ0) is 14.0. The molecule has 0 spiro atoms. The van der Waals surface area contributed by atoms with Crippen LogP contribution in [0.25, 0.3) is 0 Å². The second-order valence-electron chi connectivity index (χ2n) is 3.96. The predicted octanol–water partition coefficient (Wildman–Crippen LogP) is 3.44. The third-order valence-corrected chi connectivity index (χ3v) is 3.45. The maximum Gasteiger partial charge on any atom is 0.257 e. The Balaban J connectivity index is 2.22. The van der Waals surface area contributed by atoms with Gasteiger partial charge in [-0.05, 0) is 23.6 Å². The summed E-state index contributed by atoms with van der Waals surface area (Å²) >= 11 is 1.45. The molecule has 0 bridgehead atoms. The van der Waals surface area contributed by atoms with Crippen LogP contribution in [0.5, 0.6) is 0 Å². The molecule has 0 aliphatic heterocycles. The number of carbonyl (C=O) groups is 1. The van der Waals surface area contributed by atoms with Crippen molar-refractivity contribution in [3.05, 3.63) is 57.5 Å². The summed E-state index contributed by atoms with van der Waals surface area (Å²) in [6.07, 6.45) is 0. The summed E-state index contributed by atoms with van der Waals surface area (Å²) in [5.74, 6) is -5.09. The molecule has 0 fully saturated rings. The molecule has 0 aliphatic carbocycles. The highest BCUT2D eigenvalue weighted by Gasteiger charge is 2.21. The van der Waals surface area contributed by atoms with Crippen LogP contribution < -0.4 is 0 Å². The number of hydrogen-bond acceptors (Lipinski definition) is 2. The molecule has 0 saturated heterocycles. The van der Waals surface area contributed by atoms with Gasteiger partial charge in [0.05, 0.1) is 12.1 Å². The van der Waals surface area contributed by atoms with Gasteiger partial charge in [-0.15, -0.1) is 11.3 Å². The first-order valence-electron chi connectivity index (χ1n) is 5.42. The van der Waals surface area contributed by atoms with Gasteiger partial charge in [0.25, 0.3) is 5.91 Å². The molecule has 0 unspecified atom stereocenters. The van der Waals surface area contributed by atoms with E-state index in [-0.39, 0.29) is 6.54 Å². The van der Waals surface area contributed by atoms with Gasteiger partial charge < -0.3 is 4.90 Å². The van der Waals surface area contributed by atoms with Gasteiger partial charge in [-0.2, -0.15) is 0 Å². The van der Waals surface area contributed by atoms with Crippen molar-refractivity contribution >= 4 is 17.2 Å². The van der Waals surface area contributed by atoms with Gasteiger partial charge in [-0.3, -0.25) is 4.79 Å². The smallest absolute Gasteiger partial charge is 0.257 e. The lowest BCUT2D eigenvalue weighted by molar-refractivity contribution is 0.0780. The van der Waals surface area contributed by atoms with Crippen LogP contribution in [0.4, 0.5) is 13.2 Å². The molecule has 19 heavy (non-hydrogen) atoms. The van der Waals surface area contributed by atoms with E-state index in [9.17, 15) is 18.0 Å². The van der Waals surface area contributed by atoms with Crippen LogP contribution in [0.2, 0.25) is 0 Å². The number of rotatable bonds is 3. The predicted molar refractivity (Wildman–Crippen MR) is 66.4 cm³/mol. The second kappa shape index (κ2) is 5.44. The zero-order valence-electron chi connectivity index (χ0n) is 9.99. The van der Waals surface area contributed by atoms with Gasteiger partial charge in [0.15, 0.2) is 17.5 Å². The summed E-state index contributed by atoms with van der Waals surface area (Å²) in [6, 6.07) is 5.35. The SMILES string of the molecule is CN(Cc1cccs1)C(=O)c1ccc(F)c(F)c1F. The molecule has 1 heterocycles. The van der Waals surface area contributed by atoms with Crippen LogP contribution in [0.15, 0.2) is 29.6 Å². The van der Waals surface area contributed by atoms with E-state index in [0.717, 1.165) is 17.0 Å². The number of amides is 1. The summed E-state index contributed by atoms with van der Waals surface area (Å²) in [5.41, 5.74) is -0.474. The van der Waals surface area contributed by atoms with Crippen LogP contribution in [0, 0.1) is 17.5 Å². The summed E-state index contributed by atoms with van der Waals surface area (Å²) in [5, 5.41) is 1.85. The topological polar surface area (TPSA) is 20.3 Å².